The summed E-state index contributed by atoms with van der Waals surface area (Å²) < 4.78 is 0. The van der Waals surface area contributed by atoms with Gasteiger partial charge in [-0.3, -0.25) is 9.59 Å². The van der Waals surface area contributed by atoms with E-state index >= 15 is 0 Å². The SMILES string of the molecule is CCCC(C)NC(=O)CNc1ccc(C(N)=O)cc1. The van der Waals surface area contributed by atoms with Crippen LogP contribution in [-0.4, -0.2) is 24.4 Å². The van der Waals surface area contributed by atoms with E-state index in [1.807, 2.05) is 6.92 Å². The minimum Gasteiger partial charge on any atom is -0.376 e. The van der Waals surface area contributed by atoms with Gasteiger partial charge in [0.05, 0.1) is 6.54 Å². The third-order valence-electron chi connectivity index (χ3n) is 2.75. The third kappa shape index (κ3) is 5.42. The number of hydrogen-bond acceptors (Lipinski definition) is 3. The lowest BCUT2D eigenvalue weighted by molar-refractivity contribution is -0.120. The van der Waals surface area contributed by atoms with Crippen molar-refractivity contribution < 1.29 is 9.59 Å². The Bertz CT molecular complexity index is 429. The van der Waals surface area contributed by atoms with E-state index in [1.165, 1.54) is 0 Å². The normalized spacial score (nSPS) is 11.7. The molecule has 0 saturated heterocycles. The molecule has 1 unspecified atom stereocenters. The molecule has 2 amide bonds. The Labute approximate surface area is 113 Å². The predicted octanol–water partition coefficient (Wildman–Crippen LogP) is 1.50. The van der Waals surface area contributed by atoms with Crippen LogP contribution in [0.3, 0.4) is 0 Å². The summed E-state index contributed by atoms with van der Waals surface area (Å²) in [6.07, 6.45) is 2.02. The molecule has 1 aromatic rings. The van der Waals surface area contributed by atoms with Crippen molar-refractivity contribution in [2.75, 3.05) is 11.9 Å². The van der Waals surface area contributed by atoms with Crippen LogP contribution < -0.4 is 16.4 Å². The van der Waals surface area contributed by atoms with Crippen molar-refractivity contribution in [2.45, 2.75) is 32.7 Å². The molecule has 0 heterocycles. The molecule has 1 aromatic carbocycles. The van der Waals surface area contributed by atoms with Gasteiger partial charge in [-0.1, -0.05) is 13.3 Å². The molecule has 1 rings (SSSR count). The van der Waals surface area contributed by atoms with Crippen molar-refractivity contribution in [3.63, 3.8) is 0 Å². The predicted molar refractivity (Wildman–Crippen MR) is 76.0 cm³/mol. The molecule has 4 N–H and O–H groups in total. The lowest BCUT2D eigenvalue weighted by atomic mass is 10.2. The Hall–Kier alpha value is -2.04. The first kappa shape index (κ1) is 15.0. The fourth-order valence-corrected chi connectivity index (χ4v) is 1.77. The lowest BCUT2D eigenvalue weighted by Crippen LogP contribution is -2.36. The summed E-state index contributed by atoms with van der Waals surface area (Å²) >= 11 is 0. The Kier molecular flexibility index (Phi) is 5.85. The van der Waals surface area contributed by atoms with Crippen LogP contribution in [-0.2, 0) is 4.79 Å². The maximum absolute atomic E-state index is 11.6. The number of benzene rings is 1. The largest absolute Gasteiger partial charge is 0.376 e. The highest BCUT2D eigenvalue weighted by atomic mass is 16.2. The van der Waals surface area contributed by atoms with Crippen LogP contribution in [0, 0.1) is 0 Å². The van der Waals surface area contributed by atoms with E-state index in [2.05, 4.69) is 17.6 Å². The van der Waals surface area contributed by atoms with Gasteiger partial charge in [0.1, 0.15) is 0 Å². The second kappa shape index (κ2) is 7.41. The molecule has 0 aliphatic carbocycles. The van der Waals surface area contributed by atoms with Crippen molar-refractivity contribution in [3.8, 4) is 0 Å². The van der Waals surface area contributed by atoms with Crippen LogP contribution in [0.5, 0.6) is 0 Å². The Morgan fingerprint density at radius 2 is 1.89 bits per heavy atom. The zero-order valence-electron chi connectivity index (χ0n) is 11.4. The maximum atomic E-state index is 11.6. The van der Waals surface area contributed by atoms with Crippen LogP contribution in [0.25, 0.3) is 0 Å². The van der Waals surface area contributed by atoms with Gasteiger partial charge in [0.2, 0.25) is 11.8 Å². The fraction of sp³-hybridized carbons (Fsp3) is 0.429. The summed E-state index contributed by atoms with van der Waals surface area (Å²) in [5, 5.41) is 5.90. The molecule has 0 bridgehead atoms. The number of nitrogens with two attached hydrogens (primary N) is 1. The number of hydrogen-bond donors (Lipinski definition) is 3. The topological polar surface area (TPSA) is 84.2 Å². The molecule has 0 aliphatic heterocycles. The van der Waals surface area contributed by atoms with Crippen LogP contribution >= 0.6 is 0 Å². The smallest absolute Gasteiger partial charge is 0.248 e. The van der Waals surface area contributed by atoms with Crippen molar-refractivity contribution in [1.82, 2.24) is 5.32 Å². The van der Waals surface area contributed by atoms with Crippen molar-refractivity contribution in [1.29, 1.82) is 0 Å². The number of anilines is 1. The summed E-state index contributed by atoms with van der Waals surface area (Å²) in [6.45, 7) is 4.29. The third-order valence-corrected chi connectivity index (χ3v) is 2.75. The maximum Gasteiger partial charge on any atom is 0.248 e. The molecule has 5 heteroatoms. The van der Waals surface area contributed by atoms with E-state index in [0.717, 1.165) is 18.5 Å². The summed E-state index contributed by atoms with van der Waals surface area (Å²) in [5.74, 6) is -0.502. The monoisotopic (exact) mass is 263 g/mol. The van der Waals surface area contributed by atoms with Crippen molar-refractivity contribution in [3.05, 3.63) is 29.8 Å². The molecular weight excluding hydrogens is 242 g/mol. The minimum atomic E-state index is -0.460. The standard InChI is InChI=1S/C14H21N3O2/c1-3-4-10(2)17-13(18)9-16-12-7-5-11(6-8-12)14(15)19/h5-8,10,16H,3-4,9H2,1-2H3,(H2,15,19)(H,17,18). The van der Waals surface area contributed by atoms with Gasteiger partial charge in [0.15, 0.2) is 0 Å². The number of amides is 2. The number of carbonyl (C=O) groups is 2. The Morgan fingerprint density at radius 3 is 2.42 bits per heavy atom. The number of primary amides is 1. The molecule has 0 spiro atoms. The number of carbonyl (C=O) groups excluding carboxylic acids is 2. The van der Waals surface area contributed by atoms with E-state index in [-0.39, 0.29) is 18.5 Å². The summed E-state index contributed by atoms with van der Waals surface area (Å²) in [4.78, 5) is 22.5. The minimum absolute atomic E-state index is 0.0417. The van der Waals surface area contributed by atoms with E-state index < -0.39 is 5.91 Å². The summed E-state index contributed by atoms with van der Waals surface area (Å²) in [6, 6.07) is 6.90. The van der Waals surface area contributed by atoms with Gasteiger partial charge < -0.3 is 16.4 Å². The van der Waals surface area contributed by atoms with Gasteiger partial charge >= 0.3 is 0 Å². The van der Waals surface area contributed by atoms with Crippen molar-refractivity contribution >= 4 is 17.5 Å². The molecule has 0 saturated carbocycles. The van der Waals surface area contributed by atoms with Crippen LogP contribution in [0.2, 0.25) is 0 Å². The number of nitrogens with one attached hydrogen (secondary N) is 2. The average Bonchev–Trinajstić information content (AvgIpc) is 2.37. The second-order valence-corrected chi connectivity index (χ2v) is 4.55. The molecule has 1 atom stereocenters. The zero-order valence-corrected chi connectivity index (χ0v) is 11.4. The Morgan fingerprint density at radius 1 is 1.26 bits per heavy atom. The van der Waals surface area contributed by atoms with Gasteiger partial charge in [-0.25, -0.2) is 0 Å². The zero-order chi connectivity index (χ0) is 14.3. The molecule has 104 valence electrons. The molecule has 5 nitrogen and oxygen atoms in total. The van der Waals surface area contributed by atoms with Gasteiger partial charge in [0.25, 0.3) is 0 Å². The molecule has 0 radical (unpaired) electrons. The average molecular weight is 263 g/mol. The Balaban J connectivity index is 2.39. The quantitative estimate of drug-likeness (QED) is 0.697. The fourth-order valence-electron chi connectivity index (χ4n) is 1.77. The van der Waals surface area contributed by atoms with E-state index in [0.29, 0.717) is 5.56 Å². The first-order valence-electron chi connectivity index (χ1n) is 6.46. The second-order valence-electron chi connectivity index (χ2n) is 4.55. The highest BCUT2D eigenvalue weighted by Gasteiger charge is 2.06. The van der Waals surface area contributed by atoms with Crippen LogP contribution in [0.1, 0.15) is 37.0 Å². The summed E-state index contributed by atoms with van der Waals surface area (Å²) in [5.41, 5.74) is 6.38. The van der Waals surface area contributed by atoms with Gasteiger partial charge in [0, 0.05) is 17.3 Å². The van der Waals surface area contributed by atoms with E-state index in [4.69, 9.17) is 5.73 Å². The first-order chi connectivity index (χ1) is 9.02. The summed E-state index contributed by atoms with van der Waals surface area (Å²) in [7, 11) is 0. The van der Waals surface area contributed by atoms with E-state index in [1.54, 1.807) is 24.3 Å². The van der Waals surface area contributed by atoms with Crippen LogP contribution in [0.4, 0.5) is 5.69 Å². The first-order valence-corrected chi connectivity index (χ1v) is 6.46. The highest BCUT2D eigenvalue weighted by molar-refractivity contribution is 5.93. The van der Waals surface area contributed by atoms with Gasteiger partial charge in [-0.15, -0.1) is 0 Å². The van der Waals surface area contributed by atoms with E-state index in [9.17, 15) is 9.59 Å². The number of rotatable bonds is 7. The molecular formula is C14H21N3O2. The molecule has 19 heavy (non-hydrogen) atoms. The van der Waals surface area contributed by atoms with Crippen LogP contribution in [0.15, 0.2) is 24.3 Å². The van der Waals surface area contributed by atoms with Gasteiger partial charge in [-0.2, -0.15) is 0 Å². The molecule has 0 aliphatic rings. The highest BCUT2D eigenvalue weighted by Crippen LogP contribution is 2.08. The molecule has 0 aromatic heterocycles. The molecule has 0 fully saturated rings. The van der Waals surface area contributed by atoms with Crippen molar-refractivity contribution in [2.24, 2.45) is 5.73 Å². The lowest BCUT2D eigenvalue weighted by Gasteiger charge is -2.13. The van der Waals surface area contributed by atoms with Gasteiger partial charge in [-0.05, 0) is 37.6 Å².